The number of hydrogen-bond donors (Lipinski definition) is 2. The zero-order chi connectivity index (χ0) is 26.4. The minimum Gasteiger partial charge on any atom is -0.508 e. The molecule has 206 valence electrons. The van der Waals surface area contributed by atoms with E-state index >= 15 is 0 Å². The van der Waals surface area contributed by atoms with Gasteiger partial charge in [0.15, 0.2) is 0 Å². The van der Waals surface area contributed by atoms with Gasteiger partial charge in [-0.25, -0.2) is 0 Å². The first-order chi connectivity index (χ1) is 17.9. The van der Waals surface area contributed by atoms with Crippen LogP contribution in [-0.4, -0.2) is 77.7 Å². The monoisotopic (exact) mass is 544 g/mol. The average Bonchev–Trinajstić information content (AvgIpc) is 3.15. The number of rotatable bonds is 10. The van der Waals surface area contributed by atoms with E-state index in [0.29, 0.717) is 43.9 Å². The fourth-order valence-corrected chi connectivity index (χ4v) is 4.84. The summed E-state index contributed by atoms with van der Waals surface area (Å²) >= 11 is 0. The van der Waals surface area contributed by atoms with Crippen LogP contribution in [0.5, 0.6) is 11.5 Å². The number of phenols is 1. The van der Waals surface area contributed by atoms with E-state index in [1.54, 1.807) is 30.3 Å². The maximum atomic E-state index is 13.3. The van der Waals surface area contributed by atoms with Gasteiger partial charge < -0.3 is 24.6 Å². The molecule has 8 nitrogen and oxygen atoms in total. The van der Waals surface area contributed by atoms with Gasteiger partial charge in [-0.2, -0.15) is 0 Å². The summed E-state index contributed by atoms with van der Waals surface area (Å²) in [5.74, 6) is -0.734. The molecule has 9 heteroatoms. The summed E-state index contributed by atoms with van der Waals surface area (Å²) in [5.41, 5.74) is 2.00. The predicted octanol–water partition coefficient (Wildman–Crippen LogP) is 4.45. The maximum Gasteiger partial charge on any atom is 0.295 e. The number of ether oxygens (including phenoxy) is 2. The Balaban J connectivity index is 0.00000400. The molecule has 0 aliphatic carbocycles. The standard InChI is InChI=1S/C29H36N2O6.ClH/c1-3-4-16-37-24-11-8-22(19-20(24)2)27(33)25-26(21-6-9-23(32)10-7-21)31(29(35)28(25)34)13-5-12-30-14-17-36-18-15-30;/h6-11,19,26,32-33H,3-5,12-18H2,1-2H3;1H. The fourth-order valence-electron chi connectivity index (χ4n) is 4.84. The Morgan fingerprint density at radius 3 is 2.42 bits per heavy atom. The highest BCUT2D eigenvalue weighted by atomic mass is 35.5. The van der Waals surface area contributed by atoms with Gasteiger partial charge in [-0.05, 0) is 61.2 Å². The summed E-state index contributed by atoms with van der Waals surface area (Å²) in [4.78, 5) is 30.3. The molecule has 2 heterocycles. The number of Topliss-reactive ketones (excluding diaryl/α,β-unsaturated/α-hetero) is 1. The summed E-state index contributed by atoms with van der Waals surface area (Å²) in [6.07, 6.45) is 2.66. The number of amides is 1. The molecule has 2 N–H and O–H groups in total. The first-order valence-corrected chi connectivity index (χ1v) is 13.0. The van der Waals surface area contributed by atoms with Crippen molar-refractivity contribution in [2.45, 2.75) is 39.2 Å². The Morgan fingerprint density at radius 1 is 1.05 bits per heavy atom. The molecule has 0 saturated carbocycles. The van der Waals surface area contributed by atoms with Gasteiger partial charge in [-0.3, -0.25) is 14.5 Å². The number of halogens is 1. The number of aliphatic hydroxyl groups excluding tert-OH is 1. The minimum absolute atomic E-state index is 0. The SMILES string of the molecule is CCCCOc1ccc(C(O)=C2C(=O)C(=O)N(CCCN3CCOCC3)C2c2ccc(O)cc2)cc1C.Cl. The highest BCUT2D eigenvalue weighted by molar-refractivity contribution is 6.46. The third kappa shape index (κ3) is 6.67. The lowest BCUT2D eigenvalue weighted by Crippen LogP contribution is -2.38. The number of benzene rings is 2. The molecule has 2 aromatic carbocycles. The smallest absolute Gasteiger partial charge is 0.295 e. The number of morpholine rings is 1. The lowest BCUT2D eigenvalue weighted by Gasteiger charge is -2.29. The molecule has 1 amide bonds. The van der Waals surface area contributed by atoms with Crippen LogP contribution in [0.4, 0.5) is 0 Å². The lowest BCUT2D eigenvalue weighted by molar-refractivity contribution is -0.140. The van der Waals surface area contributed by atoms with Crippen molar-refractivity contribution >= 4 is 29.9 Å². The molecular formula is C29H37ClN2O6. The normalized spacial score (nSPS) is 19.4. The Bertz CT molecular complexity index is 1140. The second-order valence-corrected chi connectivity index (χ2v) is 9.57. The van der Waals surface area contributed by atoms with Crippen molar-refractivity contribution in [1.82, 2.24) is 9.80 Å². The van der Waals surface area contributed by atoms with Crippen LogP contribution in [0.3, 0.4) is 0 Å². The van der Waals surface area contributed by atoms with Crippen LogP contribution in [-0.2, 0) is 14.3 Å². The number of carbonyl (C=O) groups excluding carboxylic acids is 2. The number of aliphatic hydroxyl groups is 1. The molecule has 2 saturated heterocycles. The topological polar surface area (TPSA) is 99.5 Å². The Hall–Kier alpha value is -3.07. The van der Waals surface area contributed by atoms with Gasteiger partial charge in [-0.1, -0.05) is 25.5 Å². The number of phenolic OH excluding ortho intramolecular Hbond substituents is 1. The molecule has 4 rings (SSSR count). The van der Waals surface area contributed by atoms with Crippen molar-refractivity contribution in [2.75, 3.05) is 46.0 Å². The number of hydrogen-bond acceptors (Lipinski definition) is 7. The Kier molecular flexibility index (Phi) is 10.6. The Morgan fingerprint density at radius 2 is 1.76 bits per heavy atom. The number of carbonyl (C=O) groups is 2. The van der Waals surface area contributed by atoms with Crippen molar-refractivity contribution < 1.29 is 29.3 Å². The number of aromatic hydroxyl groups is 1. The first-order valence-electron chi connectivity index (χ1n) is 13.0. The van der Waals surface area contributed by atoms with Crippen LogP contribution < -0.4 is 4.74 Å². The number of ketones is 1. The summed E-state index contributed by atoms with van der Waals surface area (Å²) in [5, 5.41) is 21.1. The molecule has 2 aromatic rings. The van der Waals surface area contributed by atoms with E-state index in [1.165, 1.54) is 17.0 Å². The van der Waals surface area contributed by atoms with E-state index < -0.39 is 17.7 Å². The molecule has 0 radical (unpaired) electrons. The zero-order valence-electron chi connectivity index (χ0n) is 22.0. The minimum atomic E-state index is -0.744. The molecule has 0 aromatic heterocycles. The van der Waals surface area contributed by atoms with Crippen LogP contribution in [0.25, 0.3) is 5.76 Å². The second kappa shape index (κ2) is 13.6. The van der Waals surface area contributed by atoms with Crippen LogP contribution >= 0.6 is 12.4 Å². The van der Waals surface area contributed by atoms with Crippen molar-refractivity contribution in [2.24, 2.45) is 0 Å². The van der Waals surface area contributed by atoms with Gasteiger partial charge in [0.2, 0.25) is 0 Å². The molecule has 2 aliphatic rings. The highest BCUT2D eigenvalue weighted by Gasteiger charge is 2.45. The third-order valence-electron chi connectivity index (χ3n) is 6.93. The van der Waals surface area contributed by atoms with E-state index in [0.717, 1.165) is 43.8 Å². The fraction of sp³-hybridized carbons (Fsp3) is 0.448. The van der Waals surface area contributed by atoms with Crippen LogP contribution in [0, 0.1) is 6.92 Å². The van der Waals surface area contributed by atoms with Crippen molar-refractivity contribution in [3.63, 3.8) is 0 Å². The summed E-state index contributed by atoms with van der Waals surface area (Å²) in [6.45, 7) is 8.83. The van der Waals surface area contributed by atoms with E-state index in [4.69, 9.17) is 9.47 Å². The second-order valence-electron chi connectivity index (χ2n) is 9.57. The van der Waals surface area contributed by atoms with E-state index in [2.05, 4.69) is 11.8 Å². The molecular weight excluding hydrogens is 508 g/mol. The average molecular weight is 545 g/mol. The van der Waals surface area contributed by atoms with Gasteiger partial charge in [0, 0.05) is 31.7 Å². The first kappa shape index (κ1) is 29.5. The molecule has 0 bridgehead atoms. The van der Waals surface area contributed by atoms with Gasteiger partial charge >= 0.3 is 0 Å². The van der Waals surface area contributed by atoms with Gasteiger partial charge in [0.05, 0.1) is 31.4 Å². The van der Waals surface area contributed by atoms with Crippen molar-refractivity contribution in [3.8, 4) is 11.5 Å². The Labute approximate surface area is 230 Å². The van der Waals surface area contributed by atoms with Crippen molar-refractivity contribution in [1.29, 1.82) is 0 Å². The quantitative estimate of drug-likeness (QED) is 0.197. The van der Waals surface area contributed by atoms with E-state index in [-0.39, 0.29) is 29.5 Å². The van der Waals surface area contributed by atoms with Gasteiger partial charge in [-0.15, -0.1) is 12.4 Å². The molecule has 1 unspecified atom stereocenters. The summed E-state index contributed by atoms with van der Waals surface area (Å²) in [6, 6.07) is 10.9. The van der Waals surface area contributed by atoms with Gasteiger partial charge in [0.1, 0.15) is 17.3 Å². The highest BCUT2D eigenvalue weighted by Crippen LogP contribution is 2.40. The summed E-state index contributed by atoms with van der Waals surface area (Å²) < 4.78 is 11.2. The number of nitrogens with zero attached hydrogens (tertiary/aromatic N) is 2. The lowest BCUT2D eigenvalue weighted by atomic mass is 9.94. The molecule has 0 spiro atoms. The molecule has 1 atom stereocenters. The largest absolute Gasteiger partial charge is 0.508 e. The van der Waals surface area contributed by atoms with Crippen LogP contribution in [0.15, 0.2) is 48.0 Å². The third-order valence-corrected chi connectivity index (χ3v) is 6.93. The van der Waals surface area contributed by atoms with Gasteiger partial charge in [0.25, 0.3) is 11.7 Å². The zero-order valence-corrected chi connectivity index (χ0v) is 22.8. The van der Waals surface area contributed by atoms with Crippen LogP contribution in [0.1, 0.15) is 48.9 Å². The number of unbranched alkanes of at least 4 members (excludes halogenated alkanes) is 1. The number of aryl methyl sites for hydroxylation is 1. The molecule has 2 aliphatic heterocycles. The maximum absolute atomic E-state index is 13.3. The van der Waals surface area contributed by atoms with Crippen molar-refractivity contribution in [3.05, 3.63) is 64.7 Å². The number of likely N-dealkylation sites (tertiary alicyclic amines) is 1. The predicted molar refractivity (Wildman–Crippen MR) is 148 cm³/mol. The van der Waals surface area contributed by atoms with Crippen LogP contribution in [0.2, 0.25) is 0 Å². The summed E-state index contributed by atoms with van der Waals surface area (Å²) in [7, 11) is 0. The van der Waals surface area contributed by atoms with E-state index in [9.17, 15) is 19.8 Å². The molecule has 2 fully saturated rings. The van der Waals surface area contributed by atoms with E-state index in [1.807, 2.05) is 6.92 Å². The molecule has 38 heavy (non-hydrogen) atoms.